The van der Waals surface area contributed by atoms with Gasteiger partial charge in [0, 0.05) is 18.9 Å². The van der Waals surface area contributed by atoms with Crippen LogP contribution in [0.5, 0.6) is 5.75 Å². The lowest BCUT2D eigenvalue weighted by Crippen LogP contribution is -2.15. The second kappa shape index (κ2) is 9.05. The van der Waals surface area contributed by atoms with Crippen molar-refractivity contribution in [3.05, 3.63) is 53.9 Å². The fraction of sp³-hybridized carbons (Fsp3) is 0.389. The molecule has 2 aromatic rings. The predicted octanol–water partition coefficient (Wildman–Crippen LogP) is 3.18. The van der Waals surface area contributed by atoms with Crippen LogP contribution in [0.25, 0.3) is 0 Å². The third kappa shape index (κ3) is 5.37. The van der Waals surface area contributed by atoms with Crippen LogP contribution >= 0.6 is 0 Å². The van der Waals surface area contributed by atoms with E-state index in [-0.39, 0.29) is 0 Å². The van der Waals surface area contributed by atoms with Crippen LogP contribution in [-0.4, -0.2) is 18.1 Å². The van der Waals surface area contributed by atoms with Gasteiger partial charge in [-0.05, 0) is 55.1 Å². The second-order valence-electron chi connectivity index (χ2n) is 5.36. The molecule has 22 heavy (non-hydrogen) atoms. The van der Waals surface area contributed by atoms with Crippen molar-refractivity contribution < 1.29 is 4.74 Å². The molecule has 3 N–H and O–H groups in total. The van der Waals surface area contributed by atoms with Crippen molar-refractivity contribution in [1.29, 1.82) is 0 Å². The topological polar surface area (TPSA) is 60.2 Å². The number of hydrogen-bond donors (Lipinski definition) is 2. The van der Waals surface area contributed by atoms with Gasteiger partial charge in [0.05, 0.1) is 12.3 Å². The third-order valence-corrected chi connectivity index (χ3v) is 3.41. The van der Waals surface area contributed by atoms with Crippen LogP contribution in [0.4, 0.5) is 5.69 Å². The number of anilines is 1. The molecule has 0 spiro atoms. The summed E-state index contributed by atoms with van der Waals surface area (Å²) >= 11 is 0. The number of nitrogen functional groups attached to an aromatic ring is 1. The van der Waals surface area contributed by atoms with Gasteiger partial charge in [-0.25, -0.2) is 0 Å². The highest BCUT2D eigenvalue weighted by Gasteiger charge is 2.02. The minimum absolute atomic E-state index is 0.710. The summed E-state index contributed by atoms with van der Waals surface area (Å²) in [7, 11) is 0. The van der Waals surface area contributed by atoms with Crippen molar-refractivity contribution in [1.82, 2.24) is 10.3 Å². The molecule has 0 fully saturated rings. The van der Waals surface area contributed by atoms with E-state index in [1.54, 1.807) is 6.20 Å². The minimum Gasteiger partial charge on any atom is -0.491 e. The van der Waals surface area contributed by atoms with Crippen molar-refractivity contribution in [2.45, 2.75) is 32.7 Å². The number of aryl methyl sites for hydroxylation is 1. The number of hydrogen-bond acceptors (Lipinski definition) is 4. The first-order chi connectivity index (χ1) is 10.8. The zero-order valence-electron chi connectivity index (χ0n) is 13.2. The molecular weight excluding hydrogens is 274 g/mol. The fourth-order valence-corrected chi connectivity index (χ4v) is 2.25. The predicted molar refractivity (Wildman–Crippen MR) is 90.9 cm³/mol. The lowest BCUT2D eigenvalue weighted by atomic mass is 10.1. The number of pyridine rings is 1. The van der Waals surface area contributed by atoms with E-state index < -0.39 is 0 Å². The van der Waals surface area contributed by atoms with Gasteiger partial charge in [0.2, 0.25) is 0 Å². The van der Waals surface area contributed by atoms with Crippen LogP contribution in [0, 0.1) is 0 Å². The van der Waals surface area contributed by atoms with Gasteiger partial charge < -0.3 is 15.8 Å². The smallest absolute Gasteiger partial charge is 0.142 e. The third-order valence-electron chi connectivity index (χ3n) is 3.41. The summed E-state index contributed by atoms with van der Waals surface area (Å²) in [4.78, 5) is 4.10. The normalized spacial score (nSPS) is 10.6. The highest BCUT2D eigenvalue weighted by molar-refractivity contribution is 5.54. The molecule has 0 saturated carbocycles. The molecule has 0 radical (unpaired) electrons. The molecule has 0 aliphatic rings. The first kappa shape index (κ1) is 16.3. The maximum Gasteiger partial charge on any atom is 0.142 e. The zero-order chi connectivity index (χ0) is 15.6. The molecule has 0 bridgehead atoms. The van der Waals surface area contributed by atoms with E-state index in [1.807, 2.05) is 24.4 Å². The number of nitrogens with one attached hydrogen (secondary N) is 1. The molecule has 0 amide bonds. The molecule has 1 heterocycles. The Bertz CT molecular complexity index is 558. The summed E-state index contributed by atoms with van der Waals surface area (Å²) in [6, 6.07) is 10.1. The van der Waals surface area contributed by atoms with E-state index in [1.165, 1.54) is 11.1 Å². The maximum atomic E-state index is 6.02. The molecule has 0 aliphatic carbocycles. The lowest BCUT2D eigenvalue weighted by molar-refractivity contribution is 0.319. The summed E-state index contributed by atoms with van der Waals surface area (Å²) < 4.78 is 5.59. The maximum absolute atomic E-state index is 6.02. The average molecular weight is 299 g/mol. The van der Waals surface area contributed by atoms with Gasteiger partial charge in [-0.2, -0.15) is 0 Å². The second-order valence-corrected chi connectivity index (χ2v) is 5.36. The van der Waals surface area contributed by atoms with Crippen LogP contribution in [0.2, 0.25) is 0 Å². The Balaban J connectivity index is 1.69. The molecule has 0 unspecified atom stereocenters. The quantitative estimate of drug-likeness (QED) is 0.551. The lowest BCUT2D eigenvalue weighted by Gasteiger charge is -2.10. The standard InChI is InChI=1S/C18H25N3O/c1-2-11-22-18-8-7-15(12-17(18)19)5-3-9-20-13-16-6-4-10-21-14-16/h4,6-8,10,12,14,20H,2-3,5,9,11,13,19H2,1H3. The molecule has 4 heteroatoms. The van der Waals surface area contributed by atoms with E-state index >= 15 is 0 Å². The molecular formula is C18H25N3O. The first-order valence-electron chi connectivity index (χ1n) is 7.90. The number of nitrogens with zero attached hydrogens (tertiary/aromatic N) is 1. The highest BCUT2D eigenvalue weighted by atomic mass is 16.5. The number of benzene rings is 1. The van der Waals surface area contributed by atoms with Crippen LogP contribution in [0.1, 0.15) is 30.9 Å². The number of nitrogens with two attached hydrogens (primary N) is 1. The van der Waals surface area contributed by atoms with Crippen molar-refractivity contribution in [2.24, 2.45) is 0 Å². The number of ether oxygens (including phenoxy) is 1. The van der Waals surface area contributed by atoms with Crippen molar-refractivity contribution in [2.75, 3.05) is 18.9 Å². The van der Waals surface area contributed by atoms with Crippen LogP contribution in [0.3, 0.4) is 0 Å². The molecule has 1 aromatic heterocycles. The highest BCUT2D eigenvalue weighted by Crippen LogP contribution is 2.23. The summed E-state index contributed by atoms with van der Waals surface area (Å²) in [5, 5.41) is 3.43. The van der Waals surface area contributed by atoms with Crippen LogP contribution < -0.4 is 15.8 Å². The van der Waals surface area contributed by atoms with Crippen molar-refractivity contribution in [3.63, 3.8) is 0 Å². The monoisotopic (exact) mass is 299 g/mol. The summed E-state index contributed by atoms with van der Waals surface area (Å²) in [5.74, 6) is 0.792. The van der Waals surface area contributed by atoms with E-state index in [2.05, 4.69) is 29.4 Å². The Labute approximate surface area is 132 Å². The van der Waals surface area contributed by atoms with Gasteiger partial charge in [-0.3, -0.25) is 4.98 Å². The molecule has 0 aliphatic heterocycles. The molecule has 4 nitrogen and oxygen atoms in total. The van der Waals surface area contributed by atoms with Gasteiger partial charge in [0.15, 0.2) is 0 Å². The zero-order valence-corrected chi connectivity index (χ0v) is 13.2. The largest absolute Gasteiger partial charge is 0.491 e. The fourth-order valence-electron chi connectivity index (χ4n) is 2.25. The average Bonchev–Trinajstić information content (AvgIpc) is 2.55. The molecule has 0 atom stereocenters. The van der Waals surface area contributed by atoms with Gasteiger partial charge in [0.25, 0.3) is 0 Å². The van der Waals surface area contributed by atoms with E-state index in [0.717, 1.165) is 43.8 Å². The van der Waals surface area contributed by atoms with Gasteiger partial charge in [0.1, 0.15) is 5.75 Å². The molecule has 0 saturated heterocycles. The number of aromatic nitrogens is 1. The van der Waals surface area contributed by atoms with Crippen molar-refractivity contribution in [3.8, 4) is 5.75 Å². The Morgan fingerprint density at radius 2 is 2.14 bits per heavy atom. The Morgan fingerprint density at radius 1 is 1.23 bits per heavy atom. The first-order valence-corrected chi connectivity index (χ1v) is 7.90. The Kier molecular flexibility index (Phi) is 6.71. The van der Waals surface area contributed by atoms with Gasteiger partial charge in [-0.15, -0.1) is 0 Å². The molecule has 2 rings (SSSR count). The summed E-state index contributed by atoms with van der Waals surface area (Å²) in [6.07, 6.45) is 6.77. The summed E-state index contributed by atoms with van der Waals surface area (Å²) in [5.41, 5.74) is 9.22. The SMILES string of the molecule is CCCOc1ccc(CCCNCc2cccnc2)cc1N. The summed E-state index contributed by atoms with van der Waals surface area (Å²) in [6.45, 7) is 4.63. The number of rotatable bonds is 9. The Hall–Kier alpha value is -2.07. The minimum atomic E-state index is 0.710. The van der Waals surface area contributed by atoms with Gasteiger partial charge in [-0.1, -0.05) is 19.1 Å². The molecule has 1 aromatic carbocycles. The molecule has 118 valence electrons. The van der Waals surface area contributed by atoms with E-state index in [4.69, 9.17) is 10.5 Å². The Morgan fingerprint density at radius 3 is 2.86 bits per heavy atom. The van der Waals surface area contributed by atoms with E-state index in [9.17, 15) is 0 Å². The van der Waals surface area contributed by atoms with E-state index in [0.29, 0.717) is 6.61 Å². The van der Waals surface area contributed by atoms with Gasteiger partial charge >= 0.3 is 0 Å². The van der Waals surface area contributed by atoms with Crippen LogP contribution in [-0.2, 0) is 13.0 Å². The van der Waals surface area contributed by atoms with Crippen molar-refractivity contribution >= 4 is 5.69 Å². The van der Waals surface area contributed by atoms with Crippen LogP contribution in [0.15, 0.2) is 42.7 Å².